The Bertz CT molecular complexity index is 289. The van der Waals surface area contributed by atoms with Gasteiger partial charge in [0.25, 0.3) is 0 Å². The number of halogens is 1. The lowest BCUT2D eigenvalue weighted by molar-refractivity contribution is 0.0595. The maximum Gasteiger partial charge on any atom is 0.0930 e. The molecule has 1 aliphatic rings. The minimum atomic E-state index is -0.353. The highest BCUT2D eigenvalue weighted by Gasteiger charge is 2.35. The quantitative estimate of drug-likeness (QED) is 0.668. The predicted molar refractivity (Wildman–Crippen MR) is 63.8 cm³/mol. The molecular weight excluding hydrogens is 291 g/mol. The van der Waals surface area contributed by atoms with Crippen molar-refractivity contribution >= 4 is 22.6 Å². The van der Waals surface area contributed by atoms with Gasteiger partial charge in [-0.25, -0.2) is 0 Å². The van der Waals surface area contributed by atoms with E-state index in [2.05, 4.69) is 22.6 Å². The van der Waals surface area contributed by atoms with Crippen LogP contribution >= 0.6 is 22.6 Å². The smallest absolute Gasteiger partial charge is 0.0930 e. The summed E-state index contributed by atoms with van der Waals surface area (Å²) < 4.78 is 6.37. The standard InChI is InChI=1S/C11H13IO2/c12-6-10-11(13)9(7-14-10)8-4-2-1-3-5-8/h1-5,9-11,13H,6-7H2/t9-,10-,11-/m1/s1. The van der Waals surface area contributed by atoms with Gasteiger partial charge in [0.2, 0.25) is 0 Å². The van der Waals surface area contributed by atoms with Crippen molar-refractivity contribution in [1.82, 2.24) is 0 Å². The largest absolute Gasteiger partial charge is 0.390 e. The number of rotatable bonds is 2. The Kier molecular flexibility index (Phi) is 3.41. The van der Waals surface area contributed by atoms with E-state index >= 15 is 0 Å². The number of aliphatic hydroxyl groups excluding tert-OH is 1. The molecular formula is C11H13IO2. The average molecular weight is 304 g/mol. The van der Waals surface area contributed by atoms with E-state index in [1.54, 1.807) is 0 Å². The maximum absolute atomic E-state index is 9.97. The van der Waals surface area contributed by atoms with E-state index < -0.39 is 0 Å². The molecule has 0 amide bonds. The van der Waals surface area contributed by atoms with Gasteiger partial charge >= 0.3 is 0 Å². The topological polar surface area (TPSA) is 29.5 Å². The van der Waals surface area contributed by atoms with Gasteiger partial charge in [-0.1, -0.05) is 52.9 Å². The van der Waals surface area contributed by atoms with Crippen molar-refractivity contribution in [3.63, 3.8) is 0 Å². The molecule has 3 heteroatoms. The Morgan fingerprint density at radius 2 is 2.07 bits per heavy atom. The summed E-state index contributed by atoms with van der Waals surface area (Å²) in [5.41, 5.74) is 1.17. The second-order valence-corrected chi connectivity index (χ2v) is 4.41. The third-order valence-corrected chi connectivity index (χ3v) is 3.53. The van der Waals surface area contributed by atoms with Crippen LogP contribution in [0.1, 0.15) is 11.5 Å². The van der Waals surface area contributed by atoms with Gasteiger partial charge in [-0.3, -0.25) is 0 Å². The molecule has 1 aliphatic heterocycles. The molecule has 1 N–H and O–H groups in total. The van der Waals surface area contributed by atoms with Crippen LogP contribution in [0, 0.1) is 0 Å². The first-order chi connectivity index (χ1) is 6.83. The van der Waals surface area contributed by atoms with Gasteiger partial charge in [0.1, 0.15) is 0 Å². The molecule has 3 atom stereocenters. The highest BCUT2D eigenvalue weighted by Crippen LogP contribution is 2.30. The molecule has 2 nitrogen and oxygen atoms in total. The second kappa shape index (κ2) is 4.59. The van der Waals surface area contributed by atoms with Crippen molar-refractivity contribution in [3.8, 4) is 0 Å². The molecule has 1 fully saturated rings. The molecule has 0 spiro atoms. The van der Waals surface area contributed by atoms with Gasteiger partial charge in [0, 0.05) is 10.3 Å². The fraction of sp³-hybridized carbons (Fsp3) is 0.455. The van der Waals surface area contributed by atoms with E-state index in [-0.39, 0.29) is 18.1 Å². The highest BCUT2D eigenvalue weighted by molar-refractivity contribution is 14.1. The first-order valence-electron chi connectivity index (χ1n) is 4.73. The fourth-order valence-corrected chi connectivity index (χ4v) is 2.59. The predicted octanol–water partition coefficient (Wildman–Crippen LogP) is 1.96. The van der Waals surface area contributed by atoms with Crippen LogP contribution in [0.15, 0.2) is 30.3 Å². The molecule has 0 bridgehead atoms. The van der Waals surface area contributed by atoms with Gasteiger partial charge < -0.3 is 9.84 Å². The molecule has 1 aromatic carbocycles. The third kappa shape index (κ3) is 1.94. The van der Waals surface area contributed by atoms with Gasteiger partial charge in [-0.15, -0.1) is 0 Å². The van der Waals surface area contributed by atoms with Crippen molar-refractivity contribution < 1.29 is 9.84 Å². The molecule has 0 aromatic heterocycles. The molecule has 0 saturated carbocycles. The van der Waals surface area contributed by atoms with Crippen LogP contribution in [0.3, 0.4) is 0 Å². The van der Waals surface area contributed by atoms with E-state index in [0.717, 1.165) is 4.43 Å². The monoisotopic (exact) mass is 304 g/mol. The summed E-state index contributed by atoms with van der Waals surface area (Å²) in [4.78, 5) is 0. The molecule has 0 unspecified atom stereocenters. The molecule has 2 rings (SSSR count). The summed E-state index contributed by atoms with van der Waals surface area (Å²) in [6.45, 7) is 0.638. The number of aliphatic hydroxyl groups is 1. The lowest BCUT2D eigenvalue weighted by atomic mass is 9.94. The van der Waals surface area contributed by atoms with E-state index in [9.17, 15) is 5.11 Å². The van der Waals surface area contributed by atoms with E-state index in [0.29, 0.717) is 6.61 Å². The Labute approximate surface area is 97.4 Å². The van der Waals surface area contributed by atoms with Crippen molar-refractivity contribution in [3.05, 3.63) is 35.9 Å². The van der Waals surface area contributed by atoms with Crippen molar-refractivity contribution in [2.24, 2.45) is 0 Å². The number of alkyl halides is 1. The first-order valence-corrected chi connectivity index (χ1v) is 6.26. The van der Waals surface area contributed by atoms with Crippen LogP contribution in [0.4, 0.5) is 0 Å². The zero-order valence-corrected chi connectivity index (χ0v) is 9.92. The zero-order chi connectivity index (χ0) is 9.97. The van der Waals surface area contributed by atoms with Crippen LogP contribution in [-0.2, 0) is 4.74 Å². The minimum Gasteiger partial charge on any atom is -0.390 e. The van der Waals surface area contributed by atoms with Gasteiger partial charge in [0.05, 0.1) is 18.8 Å². The highest BCUT2D eigenvalue weighted by atomic mass is 127. The summed E-state index contributed by atoms with van der Waals surface area (Å²) in [6.07, 6.45) is -0.352. The Morgan fingerprint density at radius 3 is 2.64 bits per heavy atom. The van der Waals surface area contributed by atoms with E-state index in [1.807, 2.05) is 30.3 Å². The van der Waals surface area contributed by atoms with Crippen LogP contribution < -0.4 is 0 Å². The SMILES string of the molecule is O[C@@H]1[C@@H](c2ccccc2)CO[C@@H]1CI. The first kappa shape index (κ1) is 10.4. The normalized spacial score (nSPS) is 32.0. The van der Waals surface area contributed by atoms with Crippen molar-refractivity contribution in [2.45, 2.75) is 18.1 Å². The zero-order valence-electron chi connectivity index (χ0n) is 7.77. The minimum absolute atomic E-state index is 0.000746. The number of ether oxygens (including phenoxy) is 1. The van der Waals surface area contributed by atoms with Gasteiger partial charge in [0.15, 0.2) is 0 Å². The summed E-state index contributed by atoms with van der Waals surface area (Å²) in [7, 11) is 0. The average Bonchev–Trinajstić information content (AvgIpc) is 2.61. The second-order valence-electron chi connectivity index (χ2n) is 3.53. The van der Waals surface area contributed by atoms with Gasteiger partial charge in [-0.2, -0.15) is 0 Å². The number of hydrogen-bond acceptors (Lipinski definition) is 2. The van der Waals surface area contributed by atoms with Crippen LogP contribution in [0.2, 0.25) is 0 Å². The molecule has 1 heterocycles. The lowest BCUT2D eigenvalue weighted by Gasteiger charge is -2.15. The molecule has 76 valence electrons. The molecule has 1 aromatic rings. The van der Waals surface area contributed by atoms with Crippen LogP contribution in [0.25, 0.3) is 0 Å². The van der Waals surface area contributed by atoms with Crippen molar-refractivity contribution in [1.29, 1.82) is 0 Å². The lowest BCUT2D eigenvalue weighted by Crippen LogP contribution is -2.26. The van der Waals surface area contributed by atoms with Gasteiger partial charge in [-0.05, 0) is 5.56 Å². The summed E-state index contributed by atoms with van der Waals surface area (Å²) >= 11 is 2.25. The third-order valence-electron chi connectivity index (χ3n) is 2.66. The Balaban J connectivity index is 2.14. The fourth-order valence-electron chi connectivity index (χ4n) is 1.81. The van der Waals surface area contributed by atoms with Crippen LogP contribution in [0.5, 0.6) is 0 Å². The summed E-state index contributed by atoms with van der Waals surface area (Å²) in [6, 6.07) is 10.1. The summed E-state index contributed by atoms with van der Waals surface area (Å²) in [5.74, 6) is 0.149. The molecule has 0 aliphatic carbocycles. The van der Waals surface area contributed by atoms with E-state index in [4.69, 9.17) is 4.74 Å². The molecule has 1 saturated heterocycles. The number of hydrogen-bond donors (Lipinski definition) is 1. The molecule has 14 heavy (non-hydrogen) atoms. The molecule has 0 radical (unpaired) electrons. The van der Waals surface area contributed by atoms with Crippen molar-refractivity contribution in [2.75, 3.05) is 11.0 Å². The Hall–Kier alpha value is -0.130. The Morgan fingerprint density at radius 1 is 1.36 bits per heavy atom. The summed E-state index contributed by atoms with van der Waals surface area (Å²) in [5, 5.41) is 9.97. The van der Waals surface area contributed by atoms with E-state index in [1.165, 1.54) is 5.56 Å². The number of benzene rings is 1. The van der Waals surface area contributed by atoms with Crippen LogP contribution in [-0.4, -0.2) is 28.3 Å². The maximum atomic E-state index is 9.97.